The Labute approximate surface area is 157 Å². The van der Waals surface area contributed by atoms with Gasteiger partial charge in [0.2, 0.25) is 11.0 Å². The number of hydrogen-bond donors (Lipinski definition) is 2. The van der Waals surface area contributed by atoms with E-state index in [-0.39, 0.29) is 5.91 Å². The number of aryl methyl sites for hydroxylation is 1. The normalized spacial score (nSPS) is 15.1. The van der Waals surface area contributed by atoms with Crippen molar-refractivity contribution in [3.63, 3.8) is 0 Å². The molecule has 1 aromatic carbocycles. The van der Waals surface area contributed by atoms with E-state index in [0.29, 0.717) is 11.8 Å². The summed E-state index contributed by atoms with van der Waals surface area (Å²) in [5, 5.41) is 15.6. The van der Waals surface area contributed by atoms with Gasteiger partial charge in [0.05, 0.1) is 5.75 Å². The van der Waals surface area contributed by atoms with Crippen LogP contribution in [0.2, 0.25) is 0 Å². The monoisotopic (exact) mass is 376 g/mol. The number of rotatable bonds is 7. The lowest BCUT2D eigenvalue weighted by Crippen LogP contribution is -2.21. The number of thioether (sulfide) groups is 1. The number of carbonyl (C=O) groups is 1. The van der Waals surface area contributed by atoms with Gasteiger partial charge in [-0.25, -0.2) is 0 Å². The Hall–Kier alpha value is -1.60. The number of benzene rings is 1. The molecular formula is C18H24N4OS2. The molecule has 1 saturated carbocycles. The number of aromatic nitrogens is 2. The van der Waals surface area contributed by atoms with Crippen molar-refractivity contribution in [2.75, 3.05) is 16.4 Å². The number of nitrogens with one attached hydrogen (secondary N) is 2. The summed E-state index contributed by atoms with van der Waals surface area (Å²) in [5.74, 6) is 0.319. The number of hydrogen-bond acceptors (Lipinski definition) is 6. The molecule has 0 saturated heterocycles. The summed E-state index contributed by atoms with van der Waals surface area (Å²) in [6, 6.07) is 8.48. The summed E-state index contributed by atoms with van der Waals surface area (Å²) in [4.78, 5) is 12.1. The highest BCUT2D eigenvalue weighted by atomic mass is 32.2. The SMILES string of the molecule is CCc1ccc(NC(=O)CSc2nnc(NC3CCCCC3)s2)cc1. The highest BCUT2D eigenvalue weighted by Gasteiger charge is 2.15. The van der Waals surface area contributed by atoms with Gasteiger partial charge in [0.1, 0.15) is 0 Å². The maximum Gasteiger partial charge on any atom is 0.234 e. The lowest BCUT2D eigenvalue weighted by Gasteiger charge is -2.21. The number of nitrogens with zero attached hydrogens (tertiary/aromatic N) is 2. The van der Waals surface area contributed by atoms with Crippen LogP contribution in [0.15, 0.2) is 28.6 Å². The van der Waals surface area contributed by atoms with E-state index < -0.39 is 0 Å². The molecule has 0 bridgehead atoms. The topological polar surface area (TPSA) is 66.9 Å². The zero-order valence-corrected chi connectivity index (χ0v) is 16.1. The zero-order chi connectivity index (χ0) is 17.5. The second-order valence-corrected chi connectivity index (χ2v) is 8.44. The van der Waals surface area contributed by atoms with Crippen molar-refractivity contribution in [1.82, 2.24) is 10.2 Å². The third-order valence-corrected chi connectivity index (χ3v) is 6.30. The minimum Gasteiger partial charge on any atom is -0.357 e. The Balaban J connectivity index is 1.43. The molecule has 1 heterocycles. The van der Waals surface area contributed by atoms with E-state index >= 15 is 0 Å². The van der Waals surface area contributed by atoms with Crippen LogP contribution in [0.1, 0.15) is 44.6 Å². The highest BCUT2D eigenvalue weighted by Crippen LogP contribution is 2.28. The first-order chi connectivity index (χ1) is 12.2. The van der Waals surface area contributed by atoms with Crippen LogP contribution >= 0.6 is 23.1 Å². The van der Waals surface area contributed by atoms with Crippen LogP contribution in [0.4, 0.5) is 10.8 Å². The van der Waals surface area contributed by atoms with Crippen LogP contribution < -0.4 is 10.6 Å². The largest absolute Gasteiger partial charge is 0.357 e. The van der Waals surface area contributed by atoms with Crippen molar-refractivity contribution in [3.8, 4) is 0 Å². The summed E-state index contributed by atoms with van der Waals surface area (Å²) < 4.78 is 0.829. The van der Waals surface area contributed by atoms with Crippen LogP contribution in [0.3, 0.4) is 0 Å². The Morgan fingerprint density at radius 2 is 1.96 bits per heavy atom. The first-order valence-corrected chi connectivity index (χ1v) is 10.6. The predicted octanol–water partition coefficient (Wildman–Crippen LogP) is 4.58. The maximum absolute atomic E-state index is 12.1. The Bertz CT molecular complexity index is 681. The summed E-state index contributed by atoms with van der Waals surface area (Å²) in [7, 11) is 0. The molecule has 1 aliphatic rings. The first-order valence-electron chi connectivity index (χ1n) is 8.84. The van der Waals surface area contributed by atoms with Gasteiger partial charge in [-0.1, -0.05) is 61.4 Å². The van der Waals surface area contributed by atoms with Crippen molar-refractivity contribution in [2.24, 2.45) is 0 Å². The van der Waals surface area contributed by atoms with Crippen LogP contribution in [0.25, 0.3) is 0 Å². The fraction of sp³-hybridized carbons (Fsp3) is 0.500. The van der Waals surface area contributed by atoms with Crippen molar-refractivity contribution in [3.05, 3.63) is 29.8 Å². The quantitative estimate of drug-likeness (QED) is 0.693. The molecule has 134 valence electrons. The average Bonchev–Trinajstić information content (AvgIpc) is 3.09. The molecule has 1 fully saturated rings. The molecule has 0 unspecified atom stereocenters. The van der Waals surface area contributed by atoms with Crippen molar-refractivity contribution >= 4 is 39.8 Å². The molecular weight excluding hydrogens is 352 g/mol. The minimum absolute atomic E-state index is 0.0220. The second-order valence-electron chi connectivity index (χ2n) is 6.24. The first kappa shape index (κ1) is 18.2. The van der Waals surface area contributed by atoms with E-state index in [4.69, 9.17) is 0 Å². The molecule has 7 heteroatoms. The second kappa shape index (κ2) is 9.20. The molecule has 2 N–H and O–H groups in total. The van der Waals surface area contributed by atoms with Crippen molar-refractivity contribution in [1.29, 1.82) is 0 Å². The van der Waals surface area contributed by atoms with Gasteiger partial charge in [0.15, 0.2) is 4.34 Å². The molecule has 1 aliphatic carbocycles. The van der Waals surface area contributed by atoms with Gasteiger partial charge in [-0.15, -0.1) is 10.2 Å². The van der Waals surface area contributed by atoms with Gasteiger partial charge in [-0.3, -0.25) is 4.79 Å². The van der Waals surface area contributed by atoms with Crippen molar-refractivity contribution in [2.45, 2.75) is 55.8 Å². The molecule has 1 aromatic heterocycles. The molecule has 0 atom stereocenters. The van der Waals surface area contributed by atoms with Gasteiger partial charge in [0, 0.05) is 11.7 Å². The fourth-order valence-electron chi connectivity index (χ4n) is 2.90. The molecule has 3 rings (SSSR count). The van der Waals surface area contributed by atoms with Crippen LogP contribution in [-0.4, -0.2) is 27.9 Å². The zero-order valence-electron chi connectivity index (χ0n) is 14.5. The minimum atomic E-state index is -0.0220. The molecule has 0 spiro atoms. The smallest absolute Gasteiger partial charge is 0.234 e. The molecule has 5 nitrogen and oxygen atoms in total. The predicted molar refractivity (Wildman–Crippen MR) is 106 cm³/mol. The van der Waals surface area contributed by atoms with E-state index in [9.17, 15) is 4.79 Å². The summed E-state index contributed by atoms with van der Waals surface area (Å²) in [6.07, 6.45) is 7.33. The lowest BCUT2D eigenvalue weighted by atomic mass is 9.96. The third kappa shape index (κ3) is 5.71. The summed E-state index contributed by atoms with van der Waals surface area (Å²) >= 11 is 2.96. The maximum atomic E-state index is 12.1. The average molecular weight is 377 g/mol. The van der Waals surface area contributed by atoms with Gasteiger partial charge >= 0.3 is 0 Å². The fourth-order valence-corrected chi connectivity index (χ4v) is 4.52. The molecule has 2 aromatic rings. The van der Waals surface area contributed by atoms with Gasteiger partial charge in [-0.2, -0.15) is 0 Å². The standard InChI is InChI=1S/C18H24N4OS2/c1-2-13-8-10-15(11-9-13)19-16(23)12-24-18-22-21-17(25-18)20-14-6-4-3-5-7-14/h8-11,14H,2-7,12H2,1H3,(H,19,23)(H,20,21). The molecule has 0 aliphatic heterocycles. The number of carbonyl (C=O) groups excluding carboxylic acids is 1. The van der Waals surface area contributed by atoms with Gasteiger partial charge in [0.25, 0.3) is 0 Å². The Morgan fingerprint density at radius 3 is 2.68 bits per heavy atom. The molecule has 0 radical (unpaired) electrons. The van der Waals surface area contributed by atoms with E-state index in [1.165, 1.54) is 60.8 Å². The number of anilines is 2. The van der Waals surface area contributed by atoms with Crippen LogP contribution in [0, 0.1) is 0 Å². The van der Waals surface area contributed by atoms with E-state index in [0.717, 1.165) is 21.6 Å². The van der Waals surface area contributed by atoms with E-state index in [1.807, 2.05) is 24.3 Å². The van der Waals surface area contributed by atoms with Crippen LogP contribution in [0.5, 0.6) is 0 Å². The summed E-state index contributed by atoms with van der Waals surface area (Å²) in [6.45, 7) is 2.11. The Kier molecular flexibility index (Phi) is 6.69. The van der Waals surface area contributed by atoms with Crippen molar-refractivity contribution < 1.29 is 4.79 Å². The Morgan fingerprint density at radius 1 is 1.20 bits per heavy atom. The van der Waals surface area contributed by atoms with Gasteiger partial charge in [-0.05, 0) is 37.0 Å². The summed E-state index contributed by atoms with van der Waals surface area (Å²) in [5.41, 5.74) is 2.10. The van der Waals surface area contributed by atoms with Gasteiger partial charge < -0.3 is 10.6 Å². The number of amides is 1. The van der Waals surface area contributed by atoms with E-state index in [2.05, 4.69) is 27.8 Å². The molecule has 1 amide bonds. The lowest BCUT2D eigenvalue weighted by molar-refractivity contribution is -0.113. The highest BCUT2D eigenvalue weighted by molar-refractivity contribution is 8.01. The van der Waals surface area contributed by atoms with Crippen LogP contribution in [-0.2, 0) is 11.2 Å². The third-order valence-electron chi connectivity index (χ3n) is 4.31. The molecule has 25 heavy (non-hydrogen) atoms. The van der Waals surface area contributed by atoms with E-state index in [1.54, 1.807) is 0 Å².